The van der Waals surface area contributed by atoms with Crippen LogP contribution in [0.2, 0.25) is 5.02 Å². The van der Waals surface area contributed by atoms with Crippen molar-refractivity contribution in [1.82, 2.24) is 14.8 Å². The van der Waals surface area contributed by atoms with Gasteiger partial charge in [-0.05, 0) is 42.3 Å². The van der Waals surface area contributed by atoms with Crippen LogP contribution in [-0.4, -0.2) is 14.8 Å². The van der Waals surface area contributed by atoms with Crippen LogP contribution in [0.15, 0.2) is 53.5 Å². The van der Waals surface area contributed by atoms with Crippen molar-refractivity contribution in [3.63, 3.8) is 0 Å². The summed E-state index contributed by atoms with van der Waals surface area (Å²) < 4.78 is 29.2. The Bertz CT molecular complexity index is 1230. The van der Waals surface area contributed by atoms with Crippen LogP contribution in [0.1, 0.15) is 11.1 Å². The second-order valence-electron chi connectivity index (χ2n) is 6.31. The average Bonchev–Trinajstić information content (AvgIpc) is 2.99. The Kier molecular flexibility index (Phi) is 4.28. The summed E-state index contributed by atoms with van der Waals surface area (Å²) in [5.74, 6) is -2.07. The van der Waals surface area contributed by atoms with Gasteiger partial charge in [0.2, 0.25) is 5.56 Å². The molecule has 2 heterocycles. The number of nitrogens with one attached hydrogen (secondary N) is 1. The first kappa shape index (κ1) is 17.4. The molecule has 2 aromatic carbocycles. The molecule has 0 bridgehead atoms. The smallest absolute Gasteiger partial charge is 0.248 e. The van der Waals surface area contributed by atoms with E-state index in [0.717, 1.165) is 22.9 Å². The number of aromatic amines is 1. The highest BCUT2D eigenvalue weighted by molar-refractivity contribution is 6.30. The van der Waals surface area contributed by atoms with Crippen LogP contribution >= 0.6 is 11.6 Å². The molecule has 0 aliphatic rings. The highest BCUT2D eigenvalue weighted by atomic mass is 35.5. The lowest BCUT2D eigenvalue weighted by molar-refractivity contribution is 0.515. The first-order valence-electron chi connectivity index (χ1n) is 8.22. The Morgan fingerprint density at radius 1 is 1.19 bits per heavy atom. The van der Waals surface area contributed by atoms with Crippen LogP contribution in [0.25, 0.3) is 22.2 Å². The third-order valence-electron chi connectivity index (χ3n) is 4.37. The number of rotatable bonds is 3. The van der Waals surface area contributed by atoms with Crippen molar-refractivity contribution >= 4 is 22.5 Å². The fraction of sp³-hybridized carbons (Fsp3) is 0.100. The summed E-state index contributed by atoms with van der Waals surface area (Å²) in [5.41, 5.74) is 2.49. The van der Waals surface area contributed by atoms with Crippen molar-refractivity contribution in [3.05, 3.63) is 86.8 Å². The maximum Gasteiger partial charge on any atom is 0.248 e. The van der Waals surface area contributed by atoms with E-state index in [1.54, 1.807) is 10.7 Å². The number of halogens is 3. The maximum atomic E-state index is 14.0. The van der Waals surface area contributed by atoms with E-state index in [1.165, 1.54) is 12.1 Å². The number of aromatic nitrogens is 3. The van der Waals surface area contributed by atoms with Crippen molar-refractivity contribution in [1.29, 1.82) is 0 Å². The highest BCUT2D eigenvalue weighted by Crippen LogP contribution is 2.25. The fourth-order valence-corrected chi connectivity index (χ4v) is 3.35. The van der Waals surface area contributed by atoms with Crippen LogP contribution in [-0.2, 0) is 6.54 Å². The first-order chi connectivity index (χ1) is 12.9. The number of hydrogen-bond donors (Lipinski definition) is 1. The summed E-state index contributed by atoms with van der Waals surface area (Å²) >= 11 is 6.06. The molecule has 4 nitrogen and oxygen atoms in total. The lowest BCUT2D eigenvalue weighted by Crippen LogP contribution is -2.11. The van der Waals surface area contributed by atoms with E-state index < -0.39 is 17.2 Å². The van der Waals surface area contributed by atoms with Crippen molar-refractivity contribution in [2.75, 3.05) is 0 Å². The summed E-state index contributed by atoms with van der Waals surface area (Å²) in [7, 11) is 0. The number of H-pyrrole nitrogens is 1. The van der Waals surface area contributed by atoms with E-state index in [4.69, 9.17) is 11.6 Å². The molecule has 0 amide bonds. The average molecular weight is 386 g/mol. The highest BCUT2D eigenvalue weighted by Gasteiger charge is 2.14. The van der Waals surface area contributed by atoms with Crippen LogP contribution in [0.3, 0.4) is 0 Å². The molecule has 2 aromatic heterocycles. The lowest BCUT2D eigenvalue weighted by Gasteiger charge is -2.08. The summed E-state index contributed by atoms with van der Waals surface area (Å²) in [4.78, 5) is 14.3. The molecule has 27 heavy (non-hydrogen) atoms. The van der Waals surface area contributed by atoms with Gasteiger partial charge in [-0.2, -0.15) is 5.10 Å². The molecule has 0 aliphatic heterocycles. The van der Waals surface area contributed by atoms with Crippen molar-refractivity contribution < 1.29 is 8.78 Å². The molecule has 0 spiro atoms. The SMILES string of the molecule is Cc1cn(Cc2cc(=O)[nH]c3c(F)c(F)ccc23)nc1-c1cccc(Cl)c1. The molecule has 136 valence electrons. The van der Waals surface area contributed by atoms with Gasteiger partial charge in [0.25, 0.3) is 0 Å². The maximum absolute atomic E-state index is 14.0. The molecule has 0 aliphatic carbocycles. The minimum absolute atomic E-state index is 0.142. The summed E-state index contributed by atoms with van der Waals surface area (Å²) in [6, 6.07) is 11.2. The van der Waals surface area contributed by atoms with E-state index in [0.29, 0.717) is 16.0 Å². The number of hydrogen-bond acceptors (Lipinski definition) is 2. The van der Waals surface area contributed by atoms with Crippen molar-refractivity contribution in [2.45, 2.75) is 13.5 Å². The van der Waals surface area contributed by atoms with Crippen LogP contribution in [0, 0.1) is 18.6 Å². The van der Waals surface area contributed by atoms with Gasteiger partial charge < -0.3 is 4.98 Å². The molecule has 0 fully saturated rings. The normalized spacial score (nSPS) is 11.3. The van der Waals surface area contributed by atoms with Gasteiger partial charge in [-0.25, -0.2) is 8.78 Å². The van der Waals surface area contributed by atoms with E-state index in [1.807, 2.05) is 31.3 Å². The molecule has 1 N–H and O–H groups in total. The summed E-state index contributed by atoms with van der Waals surface area (Å²) in [6.45, 7) is 2.16. The quantitative estimate of drug-likeness (QED) is 0.556. The molecular weight excluding hydrogens is 372 g/mol. The third kappa shape index (κ3) is 3.24. The lowest BCUT2D eigenvalue weighted by atomic mass is 10.1. The fourth-order valence-electron chi connectivity index (χ4n) is 3.16. The van der Waals surface area contributed by atoms with E-state index in [9.17, 15) is 13.6 Å². The Hall–Kier alpha value is -2.99. The van der Waals surface area contributed by atoms with Gasteiger partial charge in [0, 0.05) is 28.2 Å². The van der Waals surface area contributed by atoms with Crippen LogP contribution in [0.5, 0.6) is 0 Å². The number of aryl methyl sites for hydroxylation is 1. The minimum atomic E-state index is -1.07. The summed E-state index contributed by atoms with van der Waals surface area (Å²) in [5, 5.41) is 5.62. The third-order valence-corrected chi connectivity index (χ3v) is 4.60. The molecule has 0 saturated carbocycles. The van der Waals surface area contributed by atoms with Gasteiger partial charge in [-0.1, -0.05) is 23.7 Å². The molecule has 0 unspecified atom stereocenters. The predicted molar refractivity (Wildman–Crippen MR) is 101 cm³/mol. The van der Waals surface area contributed by atoms with E-state index >= 15 is 0 Å². The molecule has 4 rings (SSSR count). The Morgan fingerprint density at radius 2 is 2.00 bits per heavy atom. The van der Waals surface area contributed by atoms with Crippen LogP contribution < -0.4 is 5.56 Å². The van der Waals surface area contributed by atoms with Crippen molar-refractivity contribution in [3.8, 4) is 11.3 Å². The largest absolute Gasteiger partial charge is 0.319 e. The molecule has 7 heteroatoms. The zero-order valence-electron chi connectivity index (χ0n) is 14.3. The Morgan fingerprint density at radius 3 is 2.78 bits per heavy atom. The number of fused-ring (bicyclic) bond motifs is 1. The predicted octanol–water partition coefficient (Wildman–Crippen LogP) is 4.68. The van der Waals surface area contributed by atoms with Gasteiger partial charge in [-0.3, -0.25) is 9.48 Å². The van der Waals surface area contributed by atoms with E-state index in [2.05, 4.69) is 10.1 Å². The Balaban J connectivity index is 1.79. The number of pyridine rings is 1. The van der Waals surface area contributed by atoms with Gasteiger partial charge in [0.15, 0.2) is 11.6 Å². The molecular formula is C20H14ClF2N3O. The zero-order valence-corrected chi connectivity index (χ0v) is 15.0. The molecule has 4 aromatic rings. The monoisotopic (exact) mass is 385 g/mol. The van der Waals surface area contributed by atoms with Gasteiger partial charge in [-0.15, -0.1) is 0 Å². The van der Waals surface area contributed by atoms with Gasteiger partial charge in [0.1, 0.15) is 0 Å². The van der Waals surface area contributed by atoms with Crippen molar-refractivity contribution in [2.24, 2.45) is 0 Å². The first-order valence-corrected chi connectivity index (χ1v) is 8.60. The zero-order chi connectivity index (χ0) is 19.1. The molecule has 0 atom stereocenters. The second kappa shape index (κ2) is 6.63. The van der Waals surface area contributed by atoms with Gasteiger partial charge >= 0.3 is 0 Å². The van der Waals surface area contributed by atoms with Gasteiger partial charge in [0.05, 0.1) is 17.8 Å². The topological polar surface area (TPSA) is 50.7 Å². The molecule has 0 saturated heterocycles. The summed E-state index contributed by atoms with van der Waals surface area (Å²) in [6.07, 6.45) is 1.84. The molecule has 0 radical (unpaired) electrons. The van der Waals surface area contributed by atoms with E-state index in [-0.39, 0.29) is 12.1 Å². The standard InChI is InChI=1S/C20H14ClF2N3O/c1-11-9-26(25-19(11)12-3-2-4-14(21)7-12)10-13-8-17(27)24-20-15(13)5-6-16(22)18(20)23/h2-9H,10H2,1H3,(H,24,27). The number of nitrogens with zero attached hydrogens (tertiary/aromatic N) is 2. The second-order valence-corrected chi connectivity index (χ2v) is 6.75. The Labute approximate surface area is 158 Å². The minimum Gasteiger partial charge on any atom is -0.319 e. The number of benzene rings is 2. The van der Waals surface area contributed by atoms with Crippen LogP contribution in [0.4, 0.5) is 8.78 Å².